The minimum Gasteiger partial charge on any atom is -0.391 e. The van der Waals surface area contributed by atoms with E-state index in [9.17, 15) is 0 Å². The van der Waals surface area contributed by atoms with E-state index in [0.717, 1.165) is 6.42 Å². The number of hydrogen-bond donors (Lipinski definition) is 1. The lowest BCUT2D eigenvalue weighted by Crippen LogP contribution is -2.18. The number of allylic oxidation sites excluding steroid dienone is 9. The second-order valence-electron chi connectivity index (χ2n) is 8.07. The summed E-state index contributed by atoms with van der Waals surface area (Å²) < 4.78 is 0. The molecule has 27 heavy (non-hydrogen) atoms. The zero-order valence-electron chi connectivity index (χ0n) is 19.5. The molecule has 0 aliphatic heterocycles. The highest BCUT2D eigenvalue weighted by atomic mass is 14.8. The average Bonchev–Trinajstić information content (AvgIpc) is 2.63. The zero-order valence-corrected chi connectivity index (χ0v) is 19.5. The molecule has 1 heteroatoms. The van der Waals surface area contributed by atoms with Crippen molar-refractivity contribution in [1.82, 2.24) is 5.32 Å². The largest absolute Gasteiger partial charge is 0.391 e. The van der Waals surface area contributed by atoms with E-state index in [1.165, 1.54) is 72.1 Å². The van der Waals surface area contributed by atoms with E-state index in [2.05, 4.69) is 78.6 Å². The zero-order chi connectivity index (χ0) is 20.8. The number of nitrogens with one attached hydrogen (secondary N) is 1. The molecule has 0 aromatic carbocycles. The standard InChI is InChI=1S/C15H26.C11H19N/c1-6-14(4)10-8-12-15(5)11-7-9-13(2)3;1-5-10-9(3)8(2)6-7-11(10)12-4/h6,9,12H,7-8,10-11H2,1-5H3;8,12H,3,5-7H2,1-2,4H3/b14-6+,15-12+;. The van der Waals surface area contributed by atoms with Crippen LogP contribution >= 0.6 is 0 Å². The molecule has 0 spiro atoms. The van der Waals surface area contributed by atoms with E-state index in [-0.39, 0.29) is 0 Å². The summed E-state index contributed by atoms with van der Waals surface area (Å²) in [6.07, 6.45) is 15.2. The van der Waals surface area contributed by atoms with Crippen molar-refractivity contribution in [3.05, 3.63) is 58.4 Å². The van der Waals surface area contributed by atoms with Gasteiger partial charge in [-0.1, -0.05) is 55.4 Å². The van der Waals surface area contributed by atoms with Crippen molar-refractivity contribution < 1.29 is 0 Å². The molecule has 0 aromatic rings. The maximum absolute atomic E-state index is 4.15. The lowest BCUT2D eigenvalue weighted by Gasteiger charge is -2.26. The van der Waals surface area contributed by atoms with E-state index < -0.39 is 0 Å². The predicted molar refractivity (Wildman–Crippen MR) is 125 cm³/mol. The lowest BCUT2D eigenvalue weighted by molar-refractivity contribution is 0.565. The molecule has 0 heterocycles. The molecular weight excluding hydrogens is 326 g/mol. The van der Waals surface area contributed by atoms with Crippen LogP contribution in [0.2, 0.25) is 0 Å². The fourth-order valence-electron chi connectivity index (χ4n) is 3.27. The van der Waals surface area contributed by atoms with Gasteiger partial charge in [-0.3, -0.25) is 0 Å². The van der Waals surface area contributed by atoms with Crippen molar-refractivity contribution in [3.8, 4) is 0 Å². The van der Waals surface area contributed by atoms with Crippen LogP contribution in [-0.2, 0) is 0 Å². The Labute approximate surface area is 170 Å². The van der Waals surface area contributed by atoms with Gasteiger partial charge in [0.25, 0.3) is 0 Å². The maximum Gasteiger partial charge on any atom is 0.0139 e. The molecule has 0 saturated heterocycles. The van der Waals surface area contributed by atoms with Gasteiger partial charge in [-0.25, -0.2) is 0 Å². The topological polar surface area (TPSA) is 12.0 Å². The van der Waals surface area contributed by atoms with Crippen LogP contribution < -0.4 is 5.32 Å². The quantitative estimate of drug-likeness (QED) is 0.423. The van der Waals surface area contributed by atoms with Crippen LogP contribution in [0.4, 0.5) is 0 Å². The van der Waals surface area contributed by atoms with Gasteiger partial charge in [0.1, 0.15) is 0 Å². The number of hydrogen-bond acceptors (Lipinski definition) is 1. The van der Waals surface area contributed by atoms with Gasteiger partial charge >= 0.3 is 0 Å². The highest BCUT2D eigenvalue weighted by Gasteiger charge is 2.19. The van der Waals surface area contributed by atoms with E-state index in [1.807, 2.05) is 7.05 Å². The molecule has 154 valence electrons. The first-order valence-electron chi connectivity index (χ1n) is 10.8. The van der Waals surface area contributed by atoms with E-state index in [4.69, 9.17) is 0 Å². The van der Waals surface area contributed by atoms with E-state index in [0.29, 0.717) is 5.92 Å². The van der Waals surface area contributed by atoms with Crippen LogP contribution in [0.15, 0.2) is 58.4 Å². The SMILES string of the molecule is C/C=C(\C)CC/C=C(\C)CCC=C(C)C.C=C1C(CC)=C(NC)CCC1C. The van der Waals surface area contributed by atoms with Gasteiger partial charge in [0.05, 0.1) is 0 Å². The minimum absolute atomic E-state index is 0.678. The summed E-state index contributed by atoms with van der Waals surface area (Å²) in [5.74, 6) is 0.678. The van der Waals surface area contributed by atoms with Gasteiger partial charge in [-0.15, -0.1) is 0 Å². The van der Waals surface area contributed by atoms with Crippen LogP contribution in [0.1, 0.15) is 93.4 Å². The first-order chi connectivity index (χ1) is 12.8. The summed E-state index contributed by atoms with van der Waals surface area (Å²) >= 11 is 0. The molecule has 1 aliphatic carbocycles. The Kier molecular flexibility index (Phi) is 13.7. The van der Waals surface area contributed by atoms with Crippen molar-refractivity contribution >= 4 is 0 Å². The van der Waals surface area contributed by atoms with Crippen LogP contribution in [0.3, 0.4) is 0 Å². The first-order valence-corrected chi connectivity index (χ1v) is 10.8. The van der Waals surface area contributed by atoms with Crippen LogP contribution in [0.5, 0.6) is 0 Å². The summed E-state index contributed by atoms with van der Waals surface area (Å²) in [5, 5.41) is 3.27. The second kappa shape index (κ2) is 14.5. The van der Waals surface area contributed by atoms with E-state index in [1.54, 1.807) is 0 Å². The summed E-state index contributed by atoms with van der Waals surface area (Å²) in [6, 6.07) is 0. The molecular formula is C26H45N. The van der Waals surface area contributed by atoms with Crippen molar-refractivity contribution in [2.45, 2.75) is 93.4 Å². The van der Waals surface area contributed by atoms with Crippen molar-refractivity contribution in [3.63, 3.8) is 0 Å². The summed E-state index contributed by atoms with van der Waals surface area (Å²) in [4.78, 5) is 0. The summed E-state index contributed by atoms with van der Waals surface area (Å²) in [5.41, 5.74) is 8.64. The maximum atomic E-state index is 4.15. The molecule has 1 aliphatic rings. The molecule has 0 saturated carbocycles. The molecule has 1 N–H and O–H groups in total. The van der Waals surface area contributed by atoms with Gasteiger partial charge in [0, 0.05) is 12.7 Å². The Bertz CT molecular complexity index is 565. The lowest BCUT2D eigenvalue weighted by atomic mass is 9.83. The number of rotatable bonds is 8. The highest BCUT2D eigenvalue weighted by Crippen LogP contribution is 2.33. The summed E-state index contributed by atoms with van der Waals surface area (Å²) in [6.45, 7) is 19.5. The third-order valence-electron chi connectivity index (χ3n) is 5.44. The van der Waals surface area contributed by atoms with Gasteiger partial charge in [-0.2, -0.15) is 0 Å². The minimum atomic E-state index is 0.678. The van der Waals surface area contributed by atoms with Gasteiger partial charge in [0.2, 0.25) is 0 Å². The Morgan fingerprint density at radius 3 is 2.19 bits per heavy atom. The Balaban J connectivity index is 0.000000511. The molecule has 1 rings (SSSR count). The third kappa shape index (κ3) is 11.1. The van der Waals surface area contributed by atoms with Crippen LogP contribution in [0, 0.1) is 5.92 Å². The molecule has 0 amide bonds. The van der Waals surface area contributed by atoms with Crippen molar-refractivity contribution in [2.75, 3.05) is 7.05 Å². The summed E-state index contributed by atoms with van der Waals surface area (Å²) in [7, 11) is 2.01. The van der Waals surface area contributed by atoms with Gasteiger partial charge in [-0.05, 0) is 96.6 Å². The fraction of sp³-hybridized carbons (Fsp3) is 0.615. The molecule has 1 unspecified atom stereocenters. The van der Waals surface area contributed by atoms with Gasteiger partial charge in [0.15, 0.2) is 0 Å². The Morgan fingerprint density at radius 1 is 1.07 bits per heavy atom. The average molecular weight is 372 g/mol. The molecule has 1 nitrogen and oxygen atoms in total. The molecule has 0 aromatic heterocycles. The van der Waals surface area contributed by atoms with E-state index >= 15 is 0 Å². The molecule has 0 fully saturated rings. The third-order valence-corrected chi connectivity index (χ3v) is 5.44. The Hall–Kier alpha value is -1.50. The highest BCUT2D eigenvalue weighted by molar-refractivity contribution is 5.36. The van der Waals surface area contributed by atoms with Crippen LogP contribution in [0.25, 0.3) is 0 Å². The Morgan fingerprint density at radius 2 is 1.67 bits per heavy atom. The molecule has 0 radical (unpaired) electrons. The molecule has 1 atom stereocenters. The molecule has 0 bridgehead atoms. The monoisotopic (exact) mass is 371 g/mol. The second-order valence-corrected chi connectivity index (χ2v) is 8.07. The van der Waals surface area contributed by atoms with Crippen molar-refractivity contribution in [2.24, 2.45) is 5.92 Å². The first kappa shape index (κ1) is 25.5. The van der Waals surface area contributed by atoms with Crippen LogP contribution in [-0.4, -0.2) is 7.05 Å². The smallest absolute Gasteiger partial charge is 0.0139 e. The van der Waals surface area contributed by atoms with Gasteiger partial charge < -0.3 is 5.32 Å². The normalized spacial score (nSPS) is 18.1. The van der Waals surface area contributed by atoms with Crippen molar-refractivity contribution in [1.29, 1.82) is 0 Å². The fourth-order valence-corrected chi connectivity index (χ4v) is 3.27. The predicted octanol–water partition coefficient (Wildman–Crippen LogP) is 8.28.